The first-order chi connectivity index (χ1) is 16.8. The highest BCUT2D eigenvalue weighted by Gasteiger charge is 2.20. The molecule has 6 nitrogen and oxygen atoms in total. The number of nitrogens with zero attached hydrogens (tertiary/aromatic N) is 5. The Labute approximate surface area is 199 Å². The molecule has 0 atom stereocenters. The summed E-state index contributed by atoms with van der Waals surface area (Å²) in [5.74, 6) is 0.0284. The molecule has 1 aliphatic heterocycles. The highest BCUT2D eigenvalue weighted by atomic mass is 16.2. The molecule has 170 valence electrons. The highest BCUT2D eigenvalue weighted by Crippen LogP contribution is 2.23. The van der Waals surface area contributed by atoms with Gasteiger partial charge >= 0.3 is 0 Å². The number of hydrogen-bond donors (Lipinski definition) is 0. The summed E-state index contributed by atoms with van der Waals surface area (Å²) in [6.07, 6.45) is 9.09. The van der Waals surface area contributed by atoms with E-state index in [0.717, 1.165) is 29.9 Å². The fourth-order valence-corrected chi connectivity index (χ4v) is 4.23. The van der Waals surface area contributed by atoms with Crippen LogP contribution in [0.1, 0.15) is 11.1 Å². The van der Waals surface area contributed by atoms with Crippen LogP contribution in [0.5, 0.6) is 0 Å². The zero-order chi connectivity index (χ0) is 23.2. The molecule has 0 aliphatic carbocycles. The molecule has 1 fully saturated rings. The summed E-state index contributed by atoms with van der Waals surface area (Å²) < 4.78 is 1.92. The lowest BCUT2D eigenvalue weighted by molar-refractivity contribution is -0.126. The van der Waals surface area contributed by atoms with E-state index in [0.29, 0.717) is 19.6 Å². The normalized spacial score (nSPS) is 14.0. The first kappa shape index (κ1) is 21.6. The molecule has 0 unspecified atom stereocenters. The van der Waals surface area contributed by atoms with Gasteiger partial charge in [-0.3, -0.25) is 14.5 Å². The molecule has 2 aromatic carbocycles. The van der Waals surface area contributed by atoms with Crippen LogP contribution in [0.3, 0.4) is 0 Å². The third-order valence-electron chi connectivity index (χ3n) is 6.03. The van der Waals surface area contributed by atoms with E-state index in [-0.39, 0.29) is 5.91 Å². The van der Waals surface area contributed by atoms with Crippen LogP contribution in [-0.2, 0) is 11.3 Å². The van der Waals surface area contributed by atoms with E-state index in [4.69, 9.17) is 5.10 Å². The van der Waals surface area contributed by atoms with Crippen molar-refractivity contribution in [3.8, 4) is 11.3 Å². The van der Waals surface area contributed by atoms with Crippen LogP contribution >= 0.6 is 0 Å². The highest BCUT2D eigenvalue weighted by molar-refractivity contribution is 5.93. The van der Waals surface area contributed by atoms with Gasteiger partial charge in [-0.15, -0.1) is 0 Å². The Hall–Kier alpha value is -4.19. The molecule has 34 heavy (non-hydrogen) atoms. The topological polar surface area (TPSA) is 54.3 Å². The summed E-state index contributed by atoms with van der Waals surface area (Å²) in [4.78, 5) is 21.4. The lowest BCUT2D eigenvalue weighted by Gasteiger charge is -2.35. The van der Waals surface area contributed by atoms with Gasteiger partial charge in [-0.2, -0.15) is 5.10 Å². The Morgan fingerprint density at radius 3 is 2.32 bits per heavy atom. The number of para-hydroxylation sites is 1. The number of pyridine rings is 1. The Morgan fingerprint density at radius 2 is 1.62 bits per heavy atom. The van der Waals surface area contributed by atoms with Gasteiger partial charge in [-0.25, -0.2) is 0 Å². The monoisotopic (exact) mass is 449 g/mol. The lowest BCUT2D eigenvalue weighted by atomic mass is 10.1. The minimum absolute atomic E-state index is 0.0284. The van der Waals surface area contributed by atoms with Crippen LogP contribution in [0.4, 0.5) is 5.69 Å². The van der Waals surface area contributed by atoms with E-state index in [1.165, 1.54) is 11.3 Å². The second-order valence-corrected chi connectivity index (χ2v) is 8.34. The van der Waals surface area contributed by atoms with Gasteiger partial charge < -0.3 is 9.80 Å². The van der Waals surface area contributed by atoms with Crippen molar-refractivity contribution in [2.45, 2.75) is 6.54 Å². The Bertz CT molecular complexity index is 1240. The van der Waals surface area contributed by atoms with Gasteiger partial charge in [-0.1, -0.05) is 48.5 Å². The van der Waals surface area contributed by atoms with E-state index >= 15 is 0 Å². The molecule has 0 bridgehead atoms. The maximum atomic E-state index is 12.9. The molecule has 0 N–H and O–H groups in total. The lowest BCUT2D eigenvalue weighted by Crippen LogP contribution is -2.48. The van der Waals surface area contributed by atoms with E-state index in [1.807, 2.05) is 70.4 Å². The molecular weight excluding hydrogens is 422 g/mol. The number of rotatable bonds is 6. The minimum atomic E-state index is 0.0284. The zero-order valence-electron chi connectivity index (χ0n) is 19.0. The number of aromatic nitrogens is 3. The second kappa shape index (κ2) is 10.2. The van der Waals surface area contributed by atoms with E-state index in [9.17, 15) is 4.79 Å². The molecule has 0 spiro atoms. The van der Waals surface area contributed by atoms with Crippen molar-refractivity contribution in [3.63, 3.8) is 0 Å². The molecule has 0 radical (unpaired) electrons. The Morgan fingerprint density at radius 1 is 0.882 bits per heavy atom. The SMILES string of the molecule is O=C(/C=C/c1cn(Cc2ccccc2)nc1-c1cccnc1)N1CCN(c2ccccc2)CC1. The van der Waals surface area contributed by atoms with Crippen molar-refractivity contribution in [3.05, 3.63) is 109 Å². The van der Waals surface area contributed by atoms with Gasteiger partial charge in [0, 0.05) is 67.7 Å². The molecule has 5 rings (SSSR count). The Kier molecular flexibility index (Phi) is 6.47. The van der Waals surface area contributed by atoms with Crippen molar-refractivity contribution >= 4 is 17.7 Å². The van der Waals surface area contributed by atoms with Gasteiger partial charge in [-0.05, 0) is 35.9 Å². The van der Waals surface area contributed by atoms with Crippen molar-refractivity contribution < 1.29 is 4.79 Å². The number of amides is 1. The number of hydrogen-bond acceptors (Lipinski definition) is 4. The first-order valence-corrected chi connectivity index (χ1v) is 11.5. The summed E-state index contributed by atoms with van der Waals surface area (Å²) >= 11 is 0. The number of anilines is 1. The van der Waals surface area contributed by atoms with Crippen LogP contribution in [-0.4, -0.2) is 51.8 Å². The molecule has 6 heteroatoms. The van der Waals surface area contributed by atoms with Gasteiger partial charge in [0.2, 0.25) is 5.91 Å². The number of carbonyl (C=O) groups excluding carboxylic acids is 1. The van der Waals surface area contributed by atoms with Gasteiger partial charge in [0.25, 0.3) is 0 Å². The summed E-state index contributed by atoms with van der Waals surface area (Å²) in [5.41, 5.74) is 5.03. The standard InChI is InChI=1S/C28H27N5O/c34-27(32-18-16-31(17-19-32)26-11-5-2-6-12-26)14-13-25-22-33(21-23-8-3-1-4-9-23)30-28(25)24-10-7-15-29-20-24/h1-15,20,22H,16-19,21H2/b14-13+. The number of carbonyl (C=O) groups is 1. The van der Waals surface area contributed by atoms with Crippen LogP contribution in [0.15, 0.2) is 97.5 Å². The maximum Gasteiger partial charge on any atom is 0.246 e. The summed E-state index contributed by atoms with van der Waals surface area (Å²) in [6.45, 7) is 3.75. The van der Waals surface area contributed by atoms with Crippen molar-refractivity contribution in [1.29, 1.82) is 0 Å². The smallest absolute Gasteiger partial charge is 0.246 e. The molecule has 3 heterocycles. The summed E-state index contributed by atoms with van der Waals surface area (Å²) in [5, 5.41) is 4.80. The molecule has 0 saturated carbocycles. The van der Waals surface area contributed by atoms with Crippen LogP contribution in [0.25, 0.3) is 17.3 Å². The van der Waals surface area contributed by atoms with Crippen LogP contribution in [0.2, 0.25) is 0 Å². The van der Waals surface area contributed by atoms with E-state index in [1.54, 1.807) is 18.5 Å². The van der Waals surface area contributed by atoms with E-state index < -0.39 is 0 Å². The maximum absolute atomic E-state index is 12.9. The van der Waals surface area contributed by atoms with Gasteiger partial charge in [0.1, 0.15) is 5.69 Å². The molecule has 1 aliphatic rings. The summed E-state index contributed by atoms with van der Waals surface area (Å²) in [6, 6.07) is 24.5. The molecule has 2 aromatic heterocycles. The molecule has 1 amide bonds. The van der Waals surface area contributed by atoms with Crippen LogP contribution < -0.4 is 4.90 Å². The molecule has 4 aromatic rings. The third kappa shape index (κ3) is 5.07. The molecule has 1 saturated heterocycles. The fourth-order valence-electron chi connectivity index (χ4n) is 4.23. The average molecular weight is 450 g/mol. The van der Waals surface area contributed by atoms with Crippen LogP contribution in [0, 0.1) is 0 Å². The van der Waals surface area contributed by atoms with Crippen molar-refractivity contribution in [1.82, 2.24) is 19.7 Å². The third-order valence-corrected chi connectivity index (χ3v) is 6.03. The minimum Gasteiger partial charge on any atom is -0.368 e. The number of piperazine rings is 1. The van der Waals surface area contributed by atoms with Crippen molar-refractivity contribution in [2.75, 3.05) is 31.1 Å². The van der Waals surface area contributed by atoms with E-state index in [2.05, 4.69) is 34.1 Å². The predicted molar refractivity (Wildman–Crippen MR) is 135 cm³/mol. The predicted octanol–water partition coefficient (Wildman–Crippen LogP) is 4.36. The first-order valence-electron chi connectivity index (χ1n) is 11.5. The summed E-state index contributed by atoms with van der Waals surface area (Å²) in [7, 11) is 0. The second-order valence-electron chi connectivity index (χ2n) is 8.34. The average Bonchev–Trinajstić information content (AvgIpc) is 3.31. The quantitative estimate of drug-likeness (QED) is 0.411. The number of benzene rings is 2. The van der Waals surface area contributed by atoms with Crippen molar-refractivity contribution in [2.24, 2.45) is 0 Å². The Balaban J connectivity index is 1.30. The van der Waals surface area contributed by atoms with Gasteiger partial charge in [0.05, 0.1) is 6.54 Å². The van der Waals surface area contributed by atoms with Gasteiger partial charge in [0.15, 0.2) is 0 Å². The largest absolute Gasteiger partial charge is 0.368 e. The molecular formula is C28H27N5O. The fraction of sp³-hybridized carbons (Fsp3) is 0.179. The zero-order valence-corrected chi connectivity index (χ0v) is 19.0.